The lowest BCUT2D eigenvalue weighted by atomic mass is 9.98. The zero-order valence-corrected chi connectivity index (χ0v) is 17.4. The largest absolute Gasteiger partial charge is 0.395 e. The molecular weight excluding hydrogens is 364 g/mol. The average Bonchev–Trinajstić information content (AvgIpc) is 3.03. The summed E-state index contributed by atoms with van der Waals surface area (Å²) in [5.41, 5.74) is 3.27. The van der Waals surface area contributed by atoms with Crippen molar-refractivity contribution in [3.05, 3.63) is 17.1 Å². The second-order valence-electron chi connectivity index (χ2n) is 7.76. The summed E-state index contributed by atoms with van der Waals surface area (Å²) in [5, 5.41) is 17.0. The lowest BCUT2D eigenvalue weighted by molar-refractivity contribution is 0.301. The van der Waals surface area contributed by atoms with E-state index in [0.717, 1.165) is 35.0 Å². The maximum atomic E-state index is 9.00. The summed E-state index contributed by atoms with van der Waals surface area (Å²) in [5.74, 6) is 0. The lowest BCUT2D eigenvalue weighted by Crippen LogP contribution is -2.33. The van der Waals surface area contributed by atoms with E-state index in [1.54, 1.807) is 11.3 Å². The maximum absolute atomic E-state index is 9.00. The number of fused-ring (bicyclic) bond motifs is 1. The van der Waals surface area contributed by atoms with Crippen LogP contribution in [0.5, 0.6) is 0 Å². The second kappa shape index (κ2) is 8.06. The monoisotopic (exact) mass is 392 g/mol. The molecule has 5 nitrogen and oxygen atoms in total. The van der Waals surface area contributed by atoms with E-state index in [0.29, 0.717) is 11.7 Å². The zero-order chi connectivity index (χ0) is 18.7. The number of nitrogens with zero attached hydrogens (tertiary/aromatic N) is 2. The first kappa shape index (κ1) is 19.3. The van der Waals surface area contributed by atoms with Crippen molar-refractivity contribution in [2.24, 2.45) is 0 Å². The minimum absolute atomic E-state index is 0.0422. The molecule has 26 heavy (non-hydrogen) atoms. The Morgan fingerprint density at radius 1 is 1.27 bits per heavy atom. The topological polar surface area (TPSA) is 60.4 Å². The van der Waals surface area contributed by atoms with Crippen LogP contribution in [0.3, 0.4) is 0 Å². The van der Waals surface area contributed by atoms with E-state index < -0.39 is 0 Å². The van der Waals surface area contributed by atoms with Crippen LogP contribution < -0.4 is 15.5 Å². The first-order valence-electron chi connectivity index (χ1n) is 9.24. The SMILES string of the molecule is CC(C)(C)c1nc2cc(N3CCCCC3)c(NC(=S)NCCO)cc2s1. The Balaban J connectivity index is 1.98. The van der Waals surface area contributed by atoms with E-state index in [2.05, 4.69) is 48.4 Å². The van der Waals surface area contributed by atoms with Gasteiger partial charge in [-0.25, -0.2) is 4.98 Å². The van der Waals surface area contributed by atoms with Crippen molar-refractivity contribution in [3.8, 4) is 0 Å². The van der Waals surface area contributed by atoms with Crippen molar-refractivity contribution in [2.45, 2.75) is 45.4 Å². The number of hydrogen-bond donors (Lipinski definition) is 3. The molecule has 0 atom stereocenters. The molecule has 1 aliphatic heterocycles. The van der Waals surface area contributed by atoms with Crippen molar-refractivity contribution in [1.82, 2.24) is 10.3 Å². The highest BCUT2D eigenvalue weighted by Crippen LogP contribution is 2.38. The molecule has 0 unspecified atom stereocenters. The summed E-state index contributed by atoms with van der Waals surface area (Å²) in [6.07, 6.45) is 3.73. The third-order valence-electron chi connectivity index (χ3n) is 4.49. The Hall–Kier alpha value is -1.44. The predicted molar refractivity (Wildman–Crippen MR) is 116 cm³/mol. The van der Waals surface area contributed by atoms with E-state index >= 15 is 0 Å². The normalized spacial score (nSPS) is 15.3. The highest BCUT2D eigenvalue weighted by Gasteiger charge is 2.22. The number of aliphatic hydroxyl groups excluding tert-OH is 1. The fourth-order valence-corrected chi connectivity index (χ4v) is 4.37. The van der Waals surface area contributed by atoms with Gasteiger partial charge in [0.05, 0.1) is 33.2 Å². The minimum Gasteiger partial charge on any atom is -0.395 e. The summed E-state index contributed by atoms with van der Waals surface area (Å²) in [7, 11) is 0. The Morgan fingerprint density at radius 3 is 2.65 bits per heavy atom. The van der Waals surface area contributed by atoms with Crippen LogP contribution in [0.15, 0.2) is 12.1 Å². The Kier molecular flexibility index (Phi) is 5.99. The molecule has 1 aliphatic rings. The molecule has 2 heterocycles. The number of aromatic nitrogens is 1. The van der Waals surface area contributed by atoms with Gasteiger partial charge >= 0.3 is 0 Å². The third kappa shape index (κ3) is 4.45. The van der Waals surface area contributed by atoms with Crippen LogP contribution in [0.2, 0.25) is 0 Å². The number of thiocarbonyl (C=S) groups is 1. The van der Waals surface area contributed by atoms with Crippen LogP contribution in [-0.2, 0) is 5.41 Å². The van der Waals surface area contributed by atoms with Crippen LogP contribution >= 0.6 is 23.6 Å². The number of hydrogen-bond acceptors (Lipinski definition) is 5. The van der Waals surface area contributed by atoms with Crippen molar-refractivity contribution >= 4 is 50.3 Å². The van der Waals surface area contributed by atoms with Crippen LogP contribution in [0.1, 0.15) is 45.0 Å². The highest BCUT2D eigenvalue weighted by molar-refractivity contribution is 7.80. The summed E-state index contributed by atoms with van der Waals surface area (Å²) in [6, 6.07) is 4.36. The second-order valence-corrected chi connectivity index (χ2v) is 9.20. The van der Waals surface area contributed by atoms with E-state index in [9.17, 15) is 0 Å². The Morgan fingerprint density at radius 2 is 2.00 bits per heavy atom. The summed E-state index contributed by atoms with van der Waals surface area (Å²) in [4.78, 5) is 7.32. The van der Waals surface area contributed by atoms with E-state index in [1.165, 1.54) is 24.0 Å². The first-order valence-corrected chi connectivity index (χ1v) is 10.5. The molecule has 7 heteroatoms. The molecule has 0 saturated carbocycles. The van der Waals surface area contributed by atoms with Gasteiger partial charge in [0.1, 0.15) is 0 Å². The van der Waals surface area contributed by atoms with Gasteiger partial charge in [0.25, 0.3) is 0 Å². The number of aliphatic hydroxyl groups is 1. The molecule has 3 rings (SSSR count). The highest BCUT2D eigenvalue weighted by atomic mass is 32.1. The summed E-state index contributed by atoms with van der Waals surface area (Å²) < 4.78 is 1.17. The van der Waals surface area contributed by atoms with Gasteiger partial charge in [-0.1, -0.05) is 20.8 Å². The Labute approximate surface area is 164 Å². The molecule has 1 saturated heterocycles. The van der Waals surface area contributed by atoms with Gasteiger partial charge in [0.2, 0.25) is 0 Å². The van der Waals surface area contributed by atoms with Gasteiger partial charge in [0, 0.05) is 25.0 Å². The molecule has 0 spiro atoms. The number of thiazole rings is 1. The van der Waals surface area contributed by atoms with Crippen molar-refractivity contribution in [3.63, 3.8) is 0 Å². The molecule has 142 valence electrons. The van der Waals surface area contributed by atoms with Crippen LogP contribution in [-0.4, -0.2) is 41.4 Å². The molecular formula is C19H28N4OS2. The quantitative estimate of drug-likeness (QED) is 0.687. The average molecular weight is 393 g/mol. The van der Waals surface area contributed by atoms with E-state index in [-0.39, 0.29) is 12.0 Å². The number of benzene rings is 1. The van der Waals surface area contributed by atoms with Gasteiger partial charge in [0.15, 0.2) is 5.11 Å². The van der Waals surface area contributed by atoms with Crippen LogP contribution in [0, 0.1) is 0 Å². The van der Waals surface area contributed by atoms with Crippen molar-refractivity contribution in [1.29, 1.82) is 0 Å². The molecule has 0 amide bonds. The van der Waals surface area contributed by atoms with Gasteiger partial charge < -0.3 is 20.6 Å². The lowest BCUT2D eigenvalue weighted by Gasteiger charge is -2.30. The first-order chi connectivity index (χ1) is 12.4. The van der Waals surface area contributed by atoms with Crippen LogP contribution in [0.4, 0.5) is 11.4 Å². The van der Waals surface area contributed by atoms with Gasteiger partial charge in [-0.15, -0.1) is 11.3 Å². The number of anilines is 2. The fraction of sp³-hybridized carbons (Fsp3) is 0.579. The zero-order valence-electron chi connectivity index (χ0n) is 15.8. The molecule has 0 radical (unpaired) electrons. The standard InChI is InChI=1S/C19H28N4OS2/c1-19(2,3)17-21-14-11-15(23-8-5-4-6-9-23)13(12-16(14)26-17)22-18(25)20-7-10-24/h11-12,24H,4-10H2,1-3H3,(H2,20,22,25). The number of rotatable bonds is 4. The summed E-state index contributed by atoms with van der Waals surface area (Å²) in [6.45, 7) is 9.22. The molecule has 0 bridgehead atoms. The van der Waals surface area contributed by atoms with Gasteiger partial charge in [-0.2, -0.15) is 0 Å². The smallest absolute Gasteiger partial charge is 0.170 e. The van der Waals surface area contributed by atoms with Crippen LogP contribution in [0.25, 0.3) is 10.2 Å². The predicted octanol–water partition coefficient (Wildman–Crippen LogP) is 3.86. The van der Waals surface area contributed by atoms with Gasteiger partial charge in [-0.05, 0) is 43.6 Å². The molecule has 1 aromatic heterocycles. The molecule has 0 aliphatic carbocycles. The molecule has 1 fully saturated rings. The van der Waals surface area contributed by atoms with E-state index in [1.807, 2.05) is 0 Å². The minimum atomic E-state index is 0.0422. The Bertz CT molecular complexity index is 776. The maximum Gasteiger partial charge on any atom is 0.170 e. The van der Waals surface area contributed by atoms with Crippen molar-refractivity contribution in [2.75, 3.05) is 36.5 Å². The summed E-state index contributed by atoms with van der Waals surface area (Å²) >= 11 is 7.13. The number of piperidine rings is 1. The molecule has 3 N–H and O–H groups in total. The van der Waals surface area contributed by atoms with Gasteiger partial charge in [-0.3, -0.25) is 0 Å². The van der Waals surface area contributed by atoms with Crippen molar-refractivity contribution < 1.29 is 5.11 Å². The third-order valence-corrected chi connectivity index (χ3v) is 6.18. The number of nitrogens with one attached hydrogen (secondary N) is 2. The molecule has 1 aromatic carbocycles. The van der Waals surface area contributed by atoms with E-state index in [4.69, 9.17) is 22.3 Å². The fourth-order valence-electron chi connectivity index (χ4n) is 3.12. The molecule has 2 aromatic rings.